The van der Waals surface area contributed by atoms with Gasteiger partial charge >= 0.3 is 0 Å². The molecule has 0 saturated carbocycles. The average Bonchev–Trinajstić information content (AvgIpc) is 2.81. The Labute approximate surface area is 95.4 Å². The first-order valence-electron chi connectivity index (χ1n) is 5.95. The molecule has 0 spiro atoms. The first-order chi connectivity index (χ1) is 7.83. The molecular formula is C13H15N2O. The van der Waals surface area contributed by atoms with Gasteiger partial charge in [0.15, 0.2) is 0 Å². The summed E-state index contributed by atoms with van der Waals surface area (Å²) in [5.74, 6) is 0.0195. The fourth-order valence-electron chi connectivity index (χ4n) is 2.47. The minimum Gasteiger partial charge on any atom is -0.371 e. The number of anilines is 1. The SMILES string of the molecule is O=C1CCc2ccc(N3CCCC3)cc2[N]1. The molecule has 0 atom stereocenters. The van der Waals surface area contributed by atoms with E-state index in [2.05, 4.69) is 28.4 Å². The number of rotatable bonds is 1. The van der Waals surface area contributed by atoms with Crippen molar-refractivity contribution in [3.63, 3.8) is 0 Å². The van der Waals surface area contributed by atoms with E-state index in [4.69, 9.17) is 0 Å². The zero-order valence-electron chi connectivity index (χ0n) is 9.28. The summed E-state index contributed by atoms with van der Waals surface area (Å²) < 4.78 is 0. The molecule has 1 aromatic carbocycles. The first kappa shape index (κ1) is 9.70. The van der Waals surface area contributed by atoms with E-state index in [1.807, 2.05) is 0 Å². The van der Waals surface area contributed by atoms with Crippen LogP contribution in [-0.2, 0) is 11.2 Å². The van der Waals surface area contributed by atoms with Gasteiger partial charge in [0, 0.05) is 25.2 Å². The Morgan fingerprint density at radius 2 is 1.94 bits per heavy atom. The predicted molar refractivity (Wildman–Crippen MR) is 63.0 cm³/mol. The number of carbonyl (C=O) groups excluding carboxylic acids is 1. The third kappa shape index (κ3) is 1.66. The number of nitrogens with zero attached hydrogens (tertiary/aromatic N) is 2. The lowest BCUT2D eigenvalue weighted by molar-refractivity contribution is -0.120. The summed E-state index contributed by atoms with van der Waals surface area (Å²) in [6, 6.07) is 6.35. The second kappa shape index (κ2) is 3.81. The minimum atomic E-state index is 0.0195. The maximum atomic E-state index is 11.3. The van der Waals surface area contributed by atoms with E-state index in [9.17, 15) is 4.79 Å². The lowest BCUT2D eigenvalue weighted by Gasteiger charge is -2.21. The molecule has 16 heavy (non-hydrogen) atoms. The molecule has 3 heteroatoms. The summed E-state index contributed by atoms with van der Waals surface area (Å²) in [7, 11) is 0. The van der Waals surface area contributed by atoms with Gasteiger partial charge in [-0.3, -0.25) is 4.79 Å². The van der Waals surface area contributed by atoms with E-state index in [0.717, 1.165) is 25.2 Å². The lowest BCUT2D eigenvalue weighted by Crippen LogP contribution is -2.21. The molecule has 3 nitrogen and oxygen atoms in total. The Bertz CT molecular complexity index is 422. The molecule has 1 amide bonds. The van der Waals surface area contributed by atoms with Crippen LogP contribution in [-0.4, -0.2) is 19.0 Å². The summed E-state index contributed by atoms with van der Waals surface area (Å²) in [5.41, 5.74) is 3.32. The normalized spacial score (nSPS) is 19.5. The number of hydrogen-bond acceptors (Lipinski definition) is 2. The molecule has 83 valence electrons. The van der Waals surface area contributed by atoms with E-state index >= 15 is 0 Å². The molecule has 0 aliphatic carbocycles. The van der Waals surface area contributed by atoms with Crippen LogP contribution in [0.1, 0.15) is 24.8 Å². The molecule has 1 radical (unpaired) electrons. The molecular weight excluding hydrogens is 200 g/mol. The quantitative estimate of drug-likeness (QED) is 0.718. The zero-order valence-corrected chi connectivity index (χ0v) is 9.28. The number of benzene rings is 1. The Morgan fingerprint density at radius 1 is 1.12 bits per heavy atom. The van der Waals surface area contributed by atoms with Crippen LogP contribution in [0.15, 0.2) is 18.2 Å². The standard InChI is InChI=1S/C13H15N2O/c16-13-6-4-10-3-5-11(9-12(10)14-13)15-7-1-2-8-15/h3,5,9H,1-2,4,6-8H2. The van der Waals surface area contributed by atoms with Gasteiger partial charge in [-0.05, 0) is 37.0 Å². The van der Waals surface area contributed by atoms with Crippen molar-refractivity contribution >= 4 is 17.3 Å². The van der Waals surface area contributed by atoms with Crippen molar-refractivity contribution in [1.29, 1.82) is 0 Å². The number of amides is 1. The Balaban J connectivity index is 1.91. The minimum absolute atomic E-state index is 0.0195. The van der Waals surface area contributed by atoms with Crippen LogP contribution in [0.2, 0.25) is 0 Å². The largest absolute Gasteiger partial charge is 0.371 e. The topological polar surface area (TPSA) is 34.4 Å². The van der Waals surface area contributed by atoms with Crippen LogP contribution >= 0.6 is 0 Å². The van der Waals surface area contributed by atoms with Crippen molar-refractivity contribution < 1.29 is 4.79 Å². The van der Waals surface area contributed by atoms with E-state index in [0.29, 0.717) is 6.42 Å². The summed E-state index contributed by atoms with van der Waals surface area (Å²) in [6.07, 6.45) is 3.95. The molecule has 1 aromatic rings. The second-order valence-electron chi connectivity index (χ2n) is 4.51. The molecule has 2 aliphatic heterocycles. The van der Waals surface area contributed by atoms with Gasteiger partial charge in [0.2, 0.25) is 5.91 Å². The number of aryl methyl sites for hydroxylation is 1. The third-order valence-corrected chi connectivity index (χ3v) is 3.39. The van der Waals surface area contributed by atoms with Gasteiger partial charge in [0.05, 0.1) is 5.69 Å². The van der Waals surface area contributed by atoms with Gasteiger partial charge in [0.1, 0.15) is 0 Å². The highest BCUT2D eigenvalue weighted by Crippen LogP contribution is 2.29. The molecule has 0 N–H and O–H groups in total. The molecule has 2 aliphatic rings. The van der Waals surface area contributed by atoms with Crippen molar-refractivity contribution in [2.75, 3.05) is 18.0 Å². The predicted octanol–water partition coefficient (Wildman–Crippen LogP) is 2.00. The summed E-state index contributed by atoms with van der Waals surface area (Å²) in [4.78, 5) is 13.6. The Kier molecular flexibility index (Phi) is 2.31. The molecule has 2 heterocycles. The van der Waals surface area contributed by atoms with Crippen LogP contribution < -0.4 is 10.2 Å². The number of hydrogen-bond donors (Lipinski definition) is 0. The highest BCUT2D eigenvalue weighted by molar-refractivity contribution is 5.84. The number of carbonyl (C=O) groups is 1. The van der Waals surface area contributed by atoms with Crippen molar-refractivity contribution in [3.8, 4) is 0 Å². The molecule has 0 bridgehead atoms. The summed E-state index contributed by atoms with van der Waals surface area (Å²) in [5, 5.41) is 4.11. The Morgan fingerprint density at radius 3 is 2.75 bits per heavy atom. The highest BCUT2D eigenvalue weighted by atomic mass is 16.1. The lowest BCUT2D eigenvalue weighted by atomic mass is 10.0. The van der Waals surface area contributed by atoms with Crippen molar-refractivity contribution in [2.45, 2.75) is 25.7 Å². The summed E-state index contributed by atoms with van der Waals surface area (Å²) in [6.45, 7) is 2.26. The van der Waals surface area contributed by atoms with Crippen LogP contribution in [0.25, 0.3) is 0 Å². The zero-order chi connectivity index (χ0) is 11.0. The van der Waals surface area contributed by atoms with E-state index < -0.39 is 0 Å². The van der Waals surface area contributed by atoms with Crippen molar-refractivity contribution in [1.82, 2.24) is 5.32 Å². The fraction of sp³-hybridized carbons (Fsp3) is 0.462. The monoisotopic (exact) mass is 215 g/mol. The van der Waals surface area contributed by atoms with E-state index in [-0.39, 0.29) is 5.91 Å². The van der Waals surface area contributed by atoms with Crippen LogP contribution in [0, 0.1) is 0 Å². The highest BCUT2D eigenvalue weighted by Gasteiger charge is 2.19. The second-order valence-corrected chi connectivity index (χ2v) is 4.51. The van der Waals surface area contributed by atoms with Gasteiger partial charge in [-0.15, -0.1) is 0 Å². The van der Waals surface area contributed by atoms with Crippen molar-refractivity contribution in [2.24, 2.45) is 0 Å². The molecule has 0 aromatic heterocycles. The van der Waals surface area contributed by atoms with Crippen molar-refractivity contribution in [3.05, 3.63) is 23.8 Å². The van der Waals surface area contributed by atoms with Gasteiger partial charge in [0.25, 0.3) is 0 Å². The van der Waals surface area contributed by atoms with E-state index in [1.165, 1.54) is 24.1 Å². The average molecular weight is 215 g/mol. The van der Waals surface area contributed by atoms with E-state index in [1.54, 1.807) is 0 Å². The Hall–Kier alpha value is -1.51. The maximum absolute atomic E-state index is 11.3. The van der Waals surface area contributed by atoms with Gasteiger partial charge in [-0.1, -0.05) is 6.07 Å². The third-order valence-electron chi connectivity index (χ3n) is 3.39. The van der Waals surface area contributed by atoms with Gasteiger partial charge < -0.3 is 4.90 Å². The molecule has 1 fully saturated rings. The first-order valence-corrected chi connectivity index (χ1v) is 5.95. The molecule has 3 rings (SSSR count). The van der Waals surface area contributed by atoms with Gasteiger partial charge in [-0.2, -0.15) is 0 Å². The van der Waals surface area contributed by atoms with Crippen LogP contribution in [0.5, 0.6) is 0 Å². The smallest absolute Gasteiger partial charge is 0.246 e. The molecule has 1 saturated heterocycles. The summed E-state index contributed by atoms with van der Waals surface area (Å²) >= 11 is 0. The number of fused-ring (bicyclic) bond motifs is 1. The van der Waals surface area contributed by atoms with Gasteiger partial charge in [-0.25, -0.2) is 5.32 Å². The van der Waals surface area contributed by atoms with Crippen LogP contribution in [0.3, 0.4) is 0 Å². The molecule has 0 unspecified atom stereocenters. The fourth-order valence-corrected chi connectivity index (χ4v) is 2.47. The van der Waals surface area contributed by atoms with Crippen LogP contribution in [0.4, 0.5) is 11.4 Å². The maximum Gasteiger partial charge on any atom is 0.246 e.